The van der Waals surface area contributed by atoms with Gasteiger partial charge in [0.05, 0.1) is 11.0 Å². The van der Waals surface area contributed by atoms with Crippen LogP contribution in [0.4, 0.5) is 5.95 Å². The Hall–Kier alpha value is -1.55. The normalized spacial score (nSPS) is 17.9. The number of fused-ring (bicyclic) bond motifs is 1. The van der Waals surface area contributed by atoms with E-state index in [0.717, 1.165) is 5.52 Å². The van der Waals surface area contributed by atoms with Crippen molar-refractivity contribution in [2.24, 2.45) is 0 Å². The van der Waals surface area contributed by atoms with Crippen molar-refractivity contribution >= 4 is 17.0 Å². The Morgan fingerprint density at radius 1 is 1.30 bits per heavy atom. The largest absolute Gasteiger partial charge is 0.369 e. The number of benzene rings is 1. The van der Waals surface area contributed by atoms with Gasteiger partial charge >= 0.3 is 0 Å². The molecular formula is C16H24N4. The number of nitrogen functional groups attached to an aromatic ring is 1. The first kappa shape index (κ1) is 13.4. The highest BCUT2D eigenvalue weighted by molar-refractivity contribution is 5.81. The van der Waals surface area contributed by atoms with Gasteiger partial charge in [0, 0.05) is 19.1 Å². The number of hydrogen-bond donors (Lipinski definition) is 1. The van der Waals surface area contributed by atoms with Gasteiger partial charge in [0.1, 0.15) is 0 Å². The second-order valence-corrected chi connectivity index (χ2v) is 5.86. The maximum Gasteiger partial charge on any atom is 0.201 e. The van der Waals surface area contributed by atoms with Gasteiger partial charge in [-0.1, -0.05) is 19.1 Å². The Kier molecular flexibility index (Phi) is 3.66. The first-order chi connectivity index (χ1) is 9.70. The summed E-state index contributed by atoms with van der Waals surface area (Å²) in [6.45, 7) is 7.90. The van der Waals surface area contributed by atoms with Crippen LogP contribution in [-0.2, 0) is 0 Å². The third-order valence-electron chi connectivity index (χ3n) is 4.41. The number of para-hydroxylation sites is 1. The number of anilines is 1. The van der Waals surface area contributed by atoms with Crippen LogP contribution in [0.15, 0.2) is 18.2 Å². The first-order valence-corrected chi connectivity index (χ1v) is 7.66. The molecule has 2 aromatic rings. The monoisotopic (exact) mass is 272 g/mol. The van der Waals surface area contributed by atoms with Gasteiger partial charge in [-0.2, -0.15) is 0 Å². The highest BCUT2D eigenvalue weighted by Gasteiger charge is 2.23. The molecule has 1 aliphatic rings. The molecule has 20 heavy (non-hydrogen) atoms. The molecule has 2 N–H and O–H groups in total. The number of piperidine rings is 1. The standard InChI is InChI=1S/C16H24N4/c1-3-9-19-10-7-13(8-11-19)20-14-6-4-5-12(2)15(14)18-16(20)17/h4-6,13H,3,7-11H2,1-2H3,(H2,17,18). The second-order valence-electron chi connectivity index (χ2n) is 5.86. The van der Waals surface area contributed by atoms with E-state index >= 15 is 0 Å². The van der Waals surface area contributed by atoms with Crippen molar-refractivity contribution in [1.29, 1.82) is 0 Å². The van der Waals surface area contributed by atoms with Crippen LogP contribution in [0.2, 0.25) is 0 Å². The fourth-order valence-corrected chi connectivity index (χ4v) is 3.38. The van der Waals surface area contributed by atoms with E-state index < -0.39 is 0 Å². The predicted molar refractivity (Wildman–Crippen MR) is 83.9 cm³/mol. The zero-order valence-electron chi connectivity index (χ0n) is 12.5. The van der Waals surface area contributed by atoms with Crippen molar-refractivity contribution in [2.45, 2.75) is 39.2 Å². The highest BCUT2D eigenvalue weighted by atomic mass is 15.2. The van der Waals surface area contributed by atoms with Crippen LogP contribution < -0.4 is 5.73 Å². The van der Waals surface area contributed by atoms with Gasteiger partial charge in [-0.25, -0.2) is 4.98 Å². The Labute approximate surface area is 120 Å². The Balaban J connectivity index is 1.88. The van der Waals surface area contributed by atoms with E-state index in [1.807, 2.05) is 0 Å². The predicted octanol–water partition coefficient (Wildman–Crippen LogP) is 2.97. The molecule has 0 amide bonds. The second kappa shape index (κ2) is 5.44. The summed E-state index contributed by atoms with van der Waals surface area (Å²) in [5, 5.41) is 0. The average Bonchev–Trinajstić information content (AvgIpc) is 2.78. The molecule has 1 fully saturated rings. The summed E-state index contributed by atoms with van der Waals surface area (Å²) in [6.07, 6.45) is 3.58. The number of likely N-dealkylation sites (tertiary alicyclic amines) is 1. The zero-order chi connectivity index (χ0) is 14.1. The van der Waals surface area contributed by atoms with Crippen LogP contribution >= 0.6 is 0 Å². The molecule has 108 valence electrons. The van der Waals surface area contributed by atoms with Crippen molar-refractivity contribution in [3.8, 4) is 0 Å². The maximum atomic E-state index is 6.18. The zero-order valence-corrected chi connectivity index (χ0v) is 12.5. The number of nitrogens with zero attached hydrogens (tertiary/aromatic N) is 3. The van der Waals surface area contributed by atoms with Crippen LogP contribution in [0.1, 0.15) is 37.8 Å². The summed E-state index contributed by atoms with van der Waals surface area (Å²) in [4.78, 5) is 7.12. The number of rotatable bonds is 3. The molecule has 0 unspecified atom stereocenters. The van der Waals surface area contributed by atoms with E-state index in [1.54, 1.807) is 0 Å². The smallest absolute Gasteiger partial charge is 0.201 e. The van der Waals surface area contributed by atoms with Crippen molar-refractivity contribution in [3.05, 3.63) is 23.8 Å². The molecule has 1 aliphatic heterocycles. The van der Waals surface area contributed by atoms with Crippen LogP contribution in [0, 0.1) is 6.92 Å². The lowest BCUT2D eigenvalue weighted by molar-refractivity contribution is 0.189. The fourth-order valence-electron chi connectivity index (χ4n) is 3.38. The van der Waals surface area contributed by atoms with E-state index in [4.69, 9.17) is 5.73 Å². The molecule has 2 heterocycles. The lowest BCUT2D eigenvalue weighted by Crippen LogP contribution is -2.35. The van der Waals surface area contributed by atoms with E-state index in [9.17, 15) is 0 Å². The van der Waals surface area contributed by atoms with Gasteiger partial charge in [-0.05, 0) is 44.4 Å². The van der Waals surface area contributed by atoms with Gasteiger partial charge in [-0.15, -0.1) is 0 Å². The Bertz CT molecular complexity index is 594. The van der Waals surface area contributed by atoms with E-state index in [-0.39, 0.29) is 0 Å². The molecule has 0 spiro atoms. The van der Waals surface area contributed by atoms with Crippen molar-refractivity contribution < 1.29 is 0 Å². The van der Waals surface area contributed by atoms with E-state index in [1.165, 1.54) is 50.0 Å². The molecule has 0 saturated carbocycles. The first-order valence-electron chi connectivity index (χ1n) is 7.66. The fraction of sp³-hybridized carbons (Fsp3) is 0.562. The minimum Gasteiger partial charge on any atom is -0.369 e. The van der Waals surface area contributed by atoms with Gasteiger partial charge in [-0.3, -0.25) is 0 Å². The van der Waals surface area contributed by atoms with Gasteiger partial charge in [0.15, 0.2) is 0 Å². The average molecular weight is 272 g/mol. The number of hydrogen-bond acceptors (Lipinski definition) is 3. The quantitative estimate of drug-likeness (QED) is 0.934. The summed E-state index contributed by atoms with van der Waals surface area (Å²) in [5.74, 6) is 0.670. The molecule has 0 atom stereocenters. The molecule has 0 bridgehead atoms. The number of aromatic nitrogens is 2. The van der Waals surface area contributed by atoms with Crippen LogP contribution in [0.5, 0.6) is 0 Å². The summed E-state index contributed by atoms with van der Waals surface area (Å²) in [6, 6.07) is 6.84. The minimum atomic E-state index is 0.495. The maximum absolute atomic E-state index is 6.18. The SMILES string of the molecule is CCCN1CCC(n2c(N)nc3c(C)cccc32)CC1. The molecule has 4 heteroatoms. The van der Waals surface area contributed by atoms with Crippen molar-refractivity contribution in [2.75, 3.05) is 25.4 Å². The number of aryl methyl sites for hydroxylation is 1. The minimum absolute atomic E-state index is 0.495. The van der Waals surface area contributed by atoms with Crippen molar-refractivity contribution in [1.82, 2.24) is 14.5 Å². The lowest BCUT2D eigenvalue weighted by Gasteiger charge is -2.33. The number of imidazole rings is 1. The van der Waals surface area contributed by atoms with Gasteiger partial charge in [0.25, 0.3) is 0 Å². The molecule has 1 aromatic carbocycles. The molecule has 1 aromatic heterocycles. The highest BCUT2D eigenvalue weighted by Crippen LogP contribution is 2.30. The topological polar surface area (TPSA) is 47.1 Å². The third-order valence-corrected chi connectivity index (χ3v) is 4.41. The molecule has 0 aliphatic carbocycles. The summed E-state index contributed by atoms with van der Waals surface area (Å²) in [5.41, 5.74) is 9.64. The van der Waals surface area contributed by atoms with Gasteiger partial charge < -0.3 is 15.2 Å². The van der Waals surface area contributed by atoms with Crippen LogP contribution in [0.3, 0.4) is 0 Å². The Morgan fingerprint density at radius 3 is 2.75 bits per heavy atom. The molecule has 4 nitrogen and oxygen atoms in total. The lowest BCUT2D eigenvalue weighted by atomic mass is 10.0. The van der Waals surface area contributed by atoms with E-state index in [2.05, 4.69) is 46.5 Å². The Morgan fingerprint density at radius 2 is 2.05 bits per heavy atom. The van der Waals surface area contributed by atoms with Gasteiger partial charge in [0.2, 0.25) is 5.95 Å². The van der Waals surface area contributed by atoms with Crippen LogP contribution in [-0.4, -0.2) is 34.1 Å². The third kappa shape index (κ3) is 2.29. The summed E-state index contributed by atoms with van der Waals surface area (Å²) < 4.78 is 2.26. The molecule has 3 rings (SSSR count). The molecule has 0 radical (unpaired) electrons. The molecule has 1 saturated heterocycles. The van der Waals surface area contributed by atoms with E-state index in [0.29, 0.717) is 12.0 Å². The summed E-state index contributed by atoms with van der Waals surface area (Å²) in [7, 11) is 0. The van der Waals surface area contributed by atoms with Crippen LogP contribution in [0.25, 0.3) is 11.0 Å². The summed E-state index contributed by atoms with van der Waals surface area (Å²) >= 11 is 0. The van der Waals surface area contributed by atoms with Crippen molar-refractivity contribution in [3.63, 3.8) is 0 Å². The number of nitrogens with two attached hydrogens (primary N) is 1. The molecular weight excluding hydrogens is 248 g/mol.